The van der Waals surface area contributed by atoms with E-state index in [9.17, 15) is 19.5 Å². The Balaban J connectivity index is 0.00000151. The van der Waals surface area contributed by atoms with Crippen LogP contribution >= 0.6 is 0 Å². The normalized spacial score (nSPS) is 16.4. The van der Waals surface area contributed by atoms with Crippen LogP contribution in [0.3, 0.4) is 0 Å². The Labute approximate surface area is 183 Å². The van der Waals surface area contributed by atoms with Gasteiger partial charge in [-0.25, -0.2) is 9.59 Å². The highest BCUT2D eigenvalue weighted by atomic mass is 16.6. The lowest BCUT2D eigenvalue weighted by Gasteiger charge is -2.37. The van der Waals surface area contributed by atoms with Crippen molar-refractivity contribution in [2.24, 2.45) is 5.92 Å². The van der Waals surface area contributed by atoms with Crippen LogP contribution in [-0.4, -0.2) is 63.4 Å². The summed E-state index contributed by atoms with van der Waals surface area (Å²) >= 11 is 0. The van der Waals surface area contributed by atoms with E-state index in [-0.39, 0.29) is 20.1 Å². The molecule has 0 bridgehead atoms. The van der Waals surface area contributed by atoms with Gasteiger partial charge in [0.2, 0.25) is 5.91 Å². The first-order valence-electron chi connectivity index (χ1n) is 10.1. The average molecular weight is 435 g/mol. The molecule has 2 amide bonds. The highest BCUT2D eigenvalue weighted by molar-refractivity contribution is 6.13. The van der Waals surface area contributed by atoms with Gasteiger partial charge in [-0.15, -0.1) is 0 Å². The van der Waals surface area contributed by atoms with Gasteiger partial charge in [0.15, 0.2) is 0 Å². The van der Waals surface area contributed by atoms with Crippen LogP contribution in [0.25, 0.3) is 0 Å². The summed E-state index contributed by atoms with van der Waals surface area (Å²) in [6, 6.07) is 5.79. The quantitative estimate of drug-likeness (QED) is 0.514. The second-order valence-electron chi connectivity index (χ2n) is 8.74. The molecule has 171 valence electrons. The summed E-state index contributed by atoms with van der Waals surface area (Å²) in [5.41, 5.74) is 1.23. The number of amides is 2. The second kappa shape index (κ2) is 11.7. The van der Waals surface area contributed by atoms with Crippen LogP contribution < -0.4 is 5.32 Å². The number of nitrogens with zero attached hydrogens (tertiary/aromatic N) is 1. The van der Waals surface area contributed by atoms with E-state index < -0.39 is 35.7 Å². The fourth-order valence-corrected chi connectivity index (χ4v) is 3.23. The Morgan fingerprint density at radius 2 is 1.74 bits per heavy atom. The molecule has 31 heavy (non-hydrogen) atoms. The lowest BCUT2D eigenvalue weighted by atomic mass is 9.93. The smallest absolute Gasteiger partial charge is 0.480 e. The fourth-order valence-electron chi connectivity index (χ4n) is 3.23. The first-order valence-corrected chi connectivity index (χ1v) is 10.1. The van der Waals surface area contributed by atoms with E-state index in [0.717, 1.165) is 11.1 Å². The third-order valence-electron chi connectivity index (χ3n) is 4.50. The molecule has 1 unspecified atom stereocenters. The number of ether oxygens (including phenoxy) is 1. The van der Waals surface area contributed by atoms with Crippen molar-refractivity contribution < 1.29 is 34.3 Å². The summed E-state index contributed by atoms with van der Waals surface area (Å²) in [5.74, 6) is -1.45. The molecular weight excluding hydrogens is 403 g/mol. The van der Waals surface area contributed by atoms with Crippen molar-refractivity contribution in [2.45, 2.75) is 71.7 Å². The number of benzene rings is 1. The second-order valence-corrected chi connectivity index (χ2v) is 8.74. The first-order chi connectivity index (χ1) is 14.4. The van der Waals surface area contributed by atoms with Gasteiger partial charge >= 0.3 is 19.7 Å². The summed E-state index contributed by atoms with van der Waals surface area (Å²) in [6.45, 7) is 9.33. The summed E-state index contributed by atoms with van der Waals surface area (Å²) in [5, 5.41) is 26.0. The molecule has 0 fully saturated rings. The van der Waals surface area contributed by atoms with Gasteiger partial charge in [0.05, 0.1) is 6.54 Å². The van der Waals surface area contributed by atoms with Gasteiger partial charge in [0.25, 0.3) is 0 Å². The first kappa shape index (κ1) is 26.5. The number of carbonyl (C=O) groups is 3. The largest absolute Gasteiger partial charge is 0.482 e. The van der Waals surface area contributed by atoms with Crippen LogP contribution in [0.2, 0.25) is 0 Å². The molecule has 2 rings (SSSR count). The topological polar surface area (TPSA) is 136 Å². The lowest BCUT2D eigenvalue weighted by molar-refractivity contribution is -0.143. The number of fused-ring (bicyclic) bond motifs is 1. The summed E-state index contributed by atoms with van der Waals surface area (Å²) in [4.78, 5) is 38.6. The third-order valence-corrected chi connectivity index (χ3v) is 4.50. The van der Waals surface area contributed by atoms with E-state index in [4.69, 9.17) is 14.8 Å². The van der Waals surface area contributed by atoms with Crippen LogP contribution in [0, 0.1) is 5.92 Å². The van der Waals surface area contributed by atoms with Crippen molar-refractivity contribution in [2.75, 3.05) is 0 Å². The van der Waals surface area contributed by atoms with Gasteiger partial charge in [-0.05, 0) is 44.2 Å². The van der Waals surface area contributed by atoms with E-state index in [1.165, 1.54) is 4.90 Å². The number of carboxylic acids is 1. The Hall–Kier alpha value is -2.59. The van der Waals surface area contributed by atoms with Crippen molar-refractivity contribution in [3.05, 3.63) is 35.4 Å². The maximum Gasteiger partial charge on any atom is 0.482 e. The van der Waals surface area contributed by atoms with E-state index >= 15 is 0 Å². The van der Waals surface area contributed by atoms with Crippen molar-refractivity contribution in [1.82, 2.24) is 10.2 Å². The van der Waals surface area contributed by atoms with E-state index in [1.54, 1.807) is 20.8 Å². The van der Waals surface area contributed by atoms with Gasteiger partial charge < -0.3 is 25.2 Å². The van der Waals surface area contributed by atoms with Crippen molar-refractivity contribution >= 4 is 25.7 Å². The van der Waals surface area contributed by atoms with Crippen molar-refractivity contribution in [1.29, 1.82) is 0 Å². The van der Waals surface area contributed by atoms with Crippen LogP contribution in [0.4, 0.5) is 4.79 Å². The maximum absolute atomic E-state index is 13.0. The molecule has 0 saturated carbocycles. The Kier molecular flexibility index (Phi) is 9.99. The molecule has 0 aliphatic carbocycles. The predicted molar refractivity (Wildman–Crippen MR) is 115 cm³/mol. The molecule has 1 heterocycles. The molecule has 1 aromatic rings. The van der Waals surface area contributed by atoms with Crippen LogP contribution in [0.1, 0.15) is 52.2 Å². The van der Waals surface area contributed by atoms with Crippen LogP contribution in [0.5, 0.6) is 0 Å². The summed E-state index contributed by atoms with van der Waals surface area (Å²) in [6.07, 6.45) is 0.0457. The average Bonchev–Trinajstić information content (AvgIpc) is 2.65. The fraction of sp³-hybridized carbons (Fsp3) is 0.571. The molecule has 10 heteroatoms. The van der Waals surface area contributed by atoms with E-state index in [1.807, 2.05) is 38.1 Å². The molecule has 1 aliphatic rings. The zero-order chi connectivity index (χ0) is 23.8. The van der Waals surface area contributed by atoms with Gasteiger partial charge in [-0.2, -0.15) is 0 Å². The molecule has 0 spiro atoms. The molecule has 1 aromatic carbocycles. The number of rotatable bonds is 5. The number of aliphatic carboxylic acids is 1. The molecular formula is C21H32BN2O7. The van der Waals surface area contributed by atoms with Gasteiger partial charge in [-0.3, -0.25) is 9.69 Å². The Morgan fingerprint density at radius 3 is 2.23 bits per heavy atom. The molecule has 1 radical (unpaired) electrons. The van der Waals surface area contributed by atoms with E-state index in [2.05, 4.69) is 5.32 Å². The van der Waals surface area contributed by atoms with Crippen molar-refractivity contribution in [3.8, 4) is 0 Å². The van der Waals surface area contributed by atoms with E-state index in [0.29, 0.717) is 12.8 Å². The predicted octanol–water partition coefficient (Wildman–Crippen LogP) is 1.47. The number of nitrogens with one attached hydrogen (secondary N) is 1. The maximum atomic E-state index is 13.0. The molecule has 9 nitrogen and oxygen atoms in total. The molecule has 4 N–H and O–H groups in total. The molecule has 1 aliphatic heterocycles. The van der Waals surface area contributed by atoms with Crippen LogP contribution in [-0.2, 0) is 27.3 Å². The number of hydrogen-bond donors (Lipinski definition) is 4. The van der Waals surface area contributed by atoms with Crippen molar-refractivity contribution in [3.63, 3.8) is 0 Å². The highest BCUT2D eigenvalue weighted by Crippen LogP contribution is 2.25. The number of hydrogen-bond acceptors (Lipinski definition) is 6. The van der Waals surface area contributed by atoms with Gasteiger partial charge in [0.1, 0.15) is 17.7 Å². The minimum atomic E-state index is -1.08. The Bertz CT molecular complexity index is 764. The van der Waals surface area contributed by atoms with Crippen LogP contribution in [0.15, 0.2) is 24.3 Å². The number of carboxylic acid groups (broad SMARTS) is 1. The standard InChI is InChI=1S/C21H30N2O5.BH2O2/c1-13(2)10-16(19(25)26)22-18(24)17-11-14-8-6-7-9-15(14)12-23(17)20(27)28-21(3,4)5;2-1-3/h6-9,13,16-17H,10-12H2,1-5H3,(H,22,24)(H,25,26);2-3H/t16-,17?;/m0./s1. The lowest BCUT2D eigenvalue weighted by Crippen LogP contribution is -2.56. The van der Waals surface area contributed by atoms with Gasteiger partial charge in [0, 0.05) is 6.42 Å². The third kappa shape index (κ3) is 8.59. The zero-order valence-electron chi connectivity index (χ0n) is 18.7. The minimum Gasteiger partial charge on any atom is -0.480 e. The van der Waals surface area contributed by atoms with Gasteiger partial charge in [-0.1, -0.05) is 38.1 Å². The highest BCUT2D eigenvalue weighted by Gasteiger charge is 2.38. The Morgan fingerprint density at radius 1 is 1.19 bits per heavy atom. The summed E-state index contributed by atoms with van der Waals surface area (Å²) < 4.78 is 5.48. The molecule has 2 atom stereocenters. The molecule has 0 saturated heterocycles. The summed E-state index contributed by atoms with van der Waals surface area (Å²) in [7, 11) is 0. The zero-order valence-corrected chi connectivity index (χ0v) is 18.7. The monoisotopic (exact) mass is 435 g/mol. The molecule has 0 aromatic heterocycles. The SMILES string of the molecule is CC(C)C[C@H](NC(=O)C1Cc2ccccc2CN1C(=O)OC(C)(C)C)C(=O)O.O[B]O. The number of carbonyl (C=O) groups excluding carboxylic acids is 2. The minimum absolute atomic E-state index is 0.